The molecule has 0 heterocycles. The van der Waals surface area contributed by atoms with E-state index in [1.54, 1.807) is 24.3 Å². The Labute approximate surface area is 108 Å². The smallest absolute Gasteiger partial charge is 0.298 e. The molecule has 0 aromatic heterocycles. The minimum atomic E-state index is -3.75. The van der Waals surface area contributed by atoms with Gasteiger partial charge >= 0.3 is 0 Å². The first-order chi connectivity index (χ1) is 8.40. The summed E-state index contributed by atoms with van der Waals surface area (Å²) in [5.74, 6) is 0.582. The van der Waals surface area contributed by atoms with E-state index in [1.165, 1.54) is 0 Å². The lowest BCUT2D eigenvalue weighted by Gasteiger charge is -2.19. The molecule has 4 nitrogen and oxygen atoms in total. The molecular weight excluding hydrogens is 250 g/mol. The zero-order chi connectivity index (χ0) is 13.3. The van der Waals surface area contributed by atoms with E-state index in [0.29, 0.717) is 5.92 Å². The van der Waals surface area contributed by atoms with Gasteiger partial charge in [0.25, 0.3) is 10.1 Å². The summed E-state index contributed by atoms with van der Waals surface area (Å²) >= 11 is 0. The summed E-state index contributed by atoms with van der Waals surface area (Å²) in [6, 6.07) is 6.57. The number of hydrogen-bond donors (Lipinski definition) is 1. The van der Waals surface area contributed by atoms with Gasteiger partial charge in [0.2, 0.25) is 0 Å². The molecule has 1 aliphatic rings. The van der Waals surface area contributed by atoms with Crippen molar-refractivity contribution in [1.29, 1.82) is 0 Å². The first-order valence-electron chi connectivity index (χ1n) is 6.16. The highest BCUT2D eigenvalue weighted by Gasteiger charge is 2.34. The molecule has 2 atom stereocenters. The molecule has 18 heavy (non-hydrogen) atoms. The summed E-state index contributed by atoms with van der Waals surface area (Å²) in [5.41, 5.74) is 6.81. The molecule has 2 rings (SSSR count). The second-order valence-electron chi connectivity index (χ2n) is 5.02. The Hall–Kier alpha value is -0.910. The maximum atomic E-state index is 12.0. The zero-order valence-electron chi connectivity index (χ0n) is 10.7. The SMILES string of the molecule is Cc1ccc(S(=O)(=O)OC(N)C(C)C2CC2)cc1. The summed E-state index contributed by atoms with van der Waals surface area (Å²) in [7, 11) is -3.75. The molecule has 1 fully saturated rings. The van der Waals surface area contributed by atoms with Crippen molar-refractivity contribution < 1.29 is 12.6 Å². The van der Waals surface area contributed by atoms with E-state index in [9.17, 15) is 8.42 Å². The quantitative estimate of drug-likeness (QED) is 0.656. The first kappa shape index (κ1) is 13.5. The van der Waals surface area contributed by atoms with Crippen LogP contribution >= 0.6 is 0 Å². The van der Waals surface area contributed by atoms with E-state index < -0.39 is 16.3 Å². The van der Waals surface area contributed by atoms with E-state index >= 15 is 0 Å². The van der Waals surface area contributed by atoms with Crippen LogP contribution in [0.4, 0.5) is 0 Å². The van der Waals surface area contributed by atoms with Gasteiger partial charge in [0.15, 0.2) is 0 Å². The lowest BCUT2D eigenvalue weighted by molar-refractivity contribution is 0.143. The zero-order valence-corrected chi connectivity index (χ0v) is 11.5. The Balaban J connectivity index is 2.08. The predicted molar refractivity (Wildman–Crippen MR) is 69.3 cm³/mol. The van der Waals surface area contributed by atoms with Crippen LogP contribution in [0.1, 0.15) is 25.3 Å². The van der Waals surface area contributed by atoms with Crippen molar-refractivity contribution in [3.8, 4) is 0 Å². The largest absolute Gasteiger partial charge is 0.305 e. The molecule has 2 N–H and O–H groups in total. The highest BCUT2D eigenvalue weighted by atomic mass is 32.2. The van der Waals surface area contributed by atoms with Crippen LogP contribution in [0.5, 0.6) is 0 Å². The van der Waals surface area contributed by atoms with Crippen LogP contribution < -0.4 is 5.73 Å². The molecule has 0 amide bonds. The highest BCUT2D eigenvalue weighted by molar-refractivity contribution is 7.86. The summed E-state index contributed by atoms with van der Waals surface area (Å²) in [4.78, 5) is 0.159. The van der Waals surface area contributed by atoms with Crippen molar-refractivity contribution in [2.75, 3.05) is 0 Å². The van der Waals surface area contributed by atoms with Crippen LogP contribution in [0, 0.1) is 18.8 Å². The average molecular weight is 269 g/mol. The van der Waals surface area contributed by atoms with Crippen LogP contribution in [0.2, 0.25) is 0 Å². The van der Waals surface area contributed by atoms with E-state index in [4.69, 9.17) is 9.92 Å². The lowest BCUT2D eigenvalue weighted by Crippen LogP contribution is -2.34. The Kier molecular flexibility index (Phi) is 3.75. The third kappa shape index (κ3) is 3.10. The fourth-order valence-electron chi connectivity index (χ4n) is 1.88. The molecule has 2 unspecified atom stereocenters. The number of nitrogens with two attached hydrogens (primary N) is 1. The minimum absolute atomic E-state index is 0.0743. The van der Waals surface area contributed by atoms with Gasteiger partial charge in [0.05, 0.1) is 4.90 Å². The number of hydrogen-bond acceptors (Lipinski definition) is 4. The molecule has 0 aliphatic heterocycles. The molecule has 100 valence electrons. The van der Waals surface area contributed by atoms with Gasteiger partial charge in [0.1, 0.15) is 6.23 Å². The van der Waals surface area contributed by atoms with Crippen molar-refractivity contribution in [3.05, 3.63) is 29.8 Å². The minimum Gasteiger partial charge on any atom is -0.305 e. The van der Waals surface area contributed by atoms with Crippen LogP contribution in [0.3, 0.4) is 0 Å². The van der Waals surface area contributed by atoms with Gasteiger partial charge in [-0.1, -0.05) is 24.6 Å². The van der Waals surface area contributed by atoms with Crippen molar-refractivity contribution in [2.45, 2.75) is 37.8 Å². The van der Waals surface area contributed by atoms with Gasteiger partial charge in [-0.3, -0.25) is 0 Å². The molecule has 0 spiro atoms. The van der Waals surface area contributed by atoms with Crippen LogP contribution in [0.15, 0.2) is 29.2 Å². The monoisotopic (exact) mass is 269 g/mol. The maximum Gasteiger partial charge on any atom is 0.298 e. The Morgan fingerprint density at radius 2 is 1.83 bits per heavy atom. The van der Waals surface area contributed by atoms with E-state index in [1.807, 2.05) is 13.8 Å². The van der Waals surface area contributed by atoms with Gasteiger partial charge in [0, 0.05) is 0 Å². The van der Waals surface area contributed by atoms with Gasteiger partial charge in [-0.15, -0.1) is 0 Å². The molecule has 1 aromatic rings. The standard InChI is InChI=1S/C13H19NO3S/c1-9-3-7-12(8-4-9)18(15,16)17-13(14)10(2)11-5-6-11/h3-4,7-8,10-11,13H,5-6,14H2,1-2H3. The fraction of sp³-hybridized carbons (Fsp3) is 0.538. The number of aryl methyl sites for hydroxylation is 1. The first-order valence-corrected chi connectivity index (χ1v) is 7.56. The average Bonchev–Trinajstić information content (AvgIpc) is 3.11. The third-order valence-electron chi connectivity index (χ3n) is 3.43. The second-order valence-corrected chi connectivity index (χ2v) is 6.60. The molecule has 1 aliphatic carbocycles. The molecule has 5 heteroatoms. The molecular formula is C13H19NO3S. The Morgan fingerprint density at radius 1 is 1.28 bits per heavy atom. The van der Waals surface area contributed by atoms with Gasteiger partial charge in [-0.05, 0) is 43.7 Å². The van der Waals surface area contributed by atoms with Crippen molar-refractivity contribution in [2.24, 2.45) is 17.6 Å². The van der Waals surface area contributed by atoms with Gasteiger partial charge < -0.3 is 5.73 Å². The lowest BCUT2D eigenvalue weighted by atomic mass is 10.1. The van der Waals surface area contributed by atoms with Gasteiger partial charge in [-0.2, -0.15) is 8.42 Å². The van der Waals surface area contributed by atoms with Crippen LogP contribution in [0.25, 0.3) is 0 Å². The predicted octanol–water partition coefficient (Wildman–Crippen LogP) is 2.03. The normalized spacial score (nSPS) is 19.5. The maximum absolute atomic E-state index is 12.0. The third-order valence-corrected chi connectivity index (χ3v) is 4.76. The van der Waals surface area contributed by atoms with E-state index in [0.717, 1.165) is 18.4 Å². The summed E-state index contributed by atoms with van der Waals surface area (Å²) in [6.45, 7) is 3.84. The van der Waals surface area contributed by atoms with Crippen molar-refractivity contribution in [3.63, 3.8) is 0 Å². The molecule has 1 saturated carbocycles. The Morgan fingerprint density at radius 3 is 2.33 bits per heavy atom. The second kappa shape index (κ2) is 4.99. The fourth-order valence-corrected chi connectivity index (χ4v) is 2.93. The molecule has 0 saturated heterocycles. The summed E-state index contributed by atoms with van der Waals surface area (Å²) < 4.78 is 29.1. The van der Waals surface area contributed by atoms with Gasteiger partial charge in [-0.25, -0.2) is 4.18 Å². The molecule has 0 radical (unpaired) electrons. The molecule has 0 bridgehead atoms. The van der Waals surface area contributed by atoms with Crippen molar-refractivity contribution >= 4 is 10.1 Å². The number of rotatable bonds is 5. The molecule has 1 aromatic carbocycles. The number of benzene rings is 1. The Bertz CT molecular complexity index is 506. The van der Waals surface area contributed by atoms with E-state index in [-0.39, 0.29) is 10.8 Å². The van der Waals surface area contributed by atoms with Crippen LogP contribution in [-0.4, -0.2) is 14.6 Å². The highest BCUT2D eigenvalue weighted by Crippen LogP contribution is 2.38. The van der Waals surface area contributed by atoms with E-state index in [2.05, 4.69) is 0 Å². The van der Waals surface area contributed by atoms with Crippen molar-refractivity contribution in [1.82, 2.24) is 0 Å². The summed E-state index contributed by atoms with van der Waals surface area (Å²) in [6.07, 6.45) is 1.47. The summed E-state index contributed by atoms with van der Waals surface area (Å²) in [5, 5.41) is 0. The van der Waals surface area contributed by atoms with Crippen LogP contribution in [-0.2, 0) is 14.3 Å². The topological polar surface area (TPSA) is 69.4 Å².